The van der Waals surface area contributed by atoms with E-state index in [2.05, 4.69) is 40.5 Å². The zero-order chi connectivity index (χ0) is 35.0. The molecule has 1 heterocycles. The van der Waals surface area contributed by atoms with Crippen LogP contribution in [0.3, 0.4) is 0 Å². The maximum Gasteiger partial charge on any atom is 0.228 e. The molecule has 0 aromatic heterocycles. The zero-order valence-corrected chi connectivity index (χ0v) is 30.7. The molecule has 1 amide bonds. The van der Waals surface area contributed by atoms with Crippen LogP contribution in [0.15, 0.2) is 54.6 Å². The molecule has 3 fully saturated rings. The fourth-order valence-electron chi connectivity index (χ4n) is 7.05. The van der Waals surface area contributed by atoms with Crippen LogP contribution in [0.5, 0.6) is 17.2 Å². The molecule has 0 radical (unpaired) electrons. The first-order valence-electron chi connectivity index (χ1n) is 18.0. The molecule has 0 spiro atoms. The van der Waals surface area contributed by atoms with Crippen LogP contribution in [0, 0.1) is 24.7 Å². The molecule has 4 atom stereocenters. The number of nitrogens with one attached hydrogen (secondary N) is 1. The largest absolute Gasteiger partial charge is 0.493 e. The summed E-state index contributed by atoms with van der Waals surface area (Å²) in [5.74, 6) is 3.00. The monoisotopic (exact) mass is 724 g/mol. The Hall–Kier alpha value is -3.01. The van der Waals surface area contributed by atoms with Crippen molar-refractivity contribution in [3.8, 4) is 17.2 Å². The van der Waals surface area contributed by atoms with E-state index in [0.717, 1.165) is 73.3 Å². The highest BCUT2D eigenvalue weighted by molar-refractivity contribution is 6.37. The summed E-state index contributed by atoms with van der Waals surface area (Å²) in [6.07, 6.45) is 5.79. The highest BCUT2D eigenvalue weighted by atomic mass is 35.5. The number of hydrogen-bond acceptors (Lipinski definition) is 7. The first-order valence-corrected chi connectivity index (χ1v) is 18.8. The molecule has 3 aliphatic rings. The van der Waals surface area contributed by atoms with Crippen molar-refractivity contribution in [2.75, 3.05) is 53.2 Å². The van der Waals surface area contributed by atoms with Gasteiger partial charge in [0.25, 0.3) is 0 Å². The van der Waals surface area contributed by atoms with Gasteiger partial charge in [-0.15, -0.1) is 0 Å². The van der Waals surface area contributed by atoms with Crippen LogP contribution in [0.4, 0.5) is 0 Å². The lowest BCUT2D eigenvalue weighted by Gasteiger charge is -2.36. The fourth-order valence-corrected chi connectivity index (χ4v) is 7.75. The van der Waals surface area contributed by atoms with Gasteiger partial charge < -0.3 is 34.3 Å². The highest BCUT2D eigenvalue weighted by Crippen LogP contribution is 2.39. The second kappa shape index (κ2) is 17.5. The molecule has 3 aromatic rings. The van der Waals surface area contributed by atoms with Crippen LogP contribution in [0.25, 0.3) is 0 Å². The second-order valence-corrected chi connectivity index (χ2v) is 14.9. The number of aliphatic hydroxyl groups is 1. The van der Waals surface area contributed by atoms with E-state index in [9.17, 15) is 9.90 Å². The predicted molar refractivity (Wildman–Crippen MR) is 197 cm³/mol. The van der Waals surface area contributed by atoms with Gasteiger partial charge >= 0.3 is 0 Å². The molecule has 50 heavy (non-hydrogen) atoms. The Kier molecular flexibility index (Phi) is 12.8. The van der Waals surface area contributed by atoms with Gasteiger partial charge in [0.15, 0.2) is 5.75 Å². The number of halogens is 2. The van der Waals surface area contributed by atoms with Crippen LogP contribution < -0.4 is 19.5 Å². The van der Waals surface area contributed by atoms with Crippen molar-refractivity contribution in [1.29, 1.82) is 0 Å². The predicted octanol–water partition coefficient (Wildman–Crippen LogP) is 7.23. The SMILES string of the molecule is COCCCc1cc(CN(C(=O)[C@H]2CNCC[C@@H]2c2ccc(OCCOc3c(Cl)cc(C)cc3Cl)cc2)C2CC2)cc(OC[C@@H]2C[C@H]2CO)c1. The summed E-state index contributed by atoms with van der Waals surface area (Å²) in [4.78, 5) is 16.5. The van der Waals surface area contributed by atoms with E-state index < -0.39 is 0 Å². The first kappa shape index (κ1) is 36.8. The van der Waals surface area contributed by atoms with Crippen molar-refractivity contribution in [3.05, 3.63) is 86.9 Å². The number of aliphatic hydroxyl groups excluding tert-OH is 1. The molecule has 0 bridgehead atoms. The van der Waals surface area contributed by atoms with E-state index in [-0.39, 0.29) is 30.4 Å². The van der Waals surface area contributed by atoms with Gasteiger partial charge in [-0.25, -0.2) is 0 Å². The minimum absolute atomic E-state index is 0.116. The summed E-state index contributed by atoms with van der Waals surface area (Å²) in [6.45, 7) is 6.21. The van der Waals surface area contributed by atoms with Crippen LogP contribution in [-0.2, 0) is 22.5 Å². The van der Waals surface area contributed by atoms with E-state index in [0.29, 0.717) is 67.1 Å². The lowest BCUT2D eigenvalue weighted by atomic mass is 9.80. The minimum atomic E-state index is -0.153. The number of nitrogens with zero attached hydrogens (tertiary/aromatic N) is 1. The zero-order valence-electron chi connectivity index (χ0n) is 29.2. The Labute approximate surface area is 306 Å². The van der Waals surface area contributed by atoms with Crippen LogP contribution in [-0.4, -0.2) is 75.2 Å². The number of ether oxygens (including phenoxy) is 4. The quantitative estimate of drug-likeness (QED) is 0.134. The van der Waals surface area contributed by atoms with Crippen molar-refractivity contribution >= 4 is 29.1 Å². The molecular formula is C40H50Cl2N2O6. The van der Waals surface area contributed by atoms with Crippen molar-refractivity contribution in [1.82, 2.24) is 10.2 Å². The van der Waals surface area contributed by atoms with E-state index in [1.807, 2.05) is 31.2 Å². The summed E-state index contributed by atoms with van der Waals surface area (Å²) >= 11 is 12.6. The molecule has 2 N–H and O–H groups in total. The topological polar surface area (TPSA) is 89.5 Å². The molecule has 6 rings (SSSR count). The third kappa shape index (κ3) is 9.86. The van der Waals surface area contributed by atoms with Crippen molar-refractivity contribution in [2.45, 2.75) is 64.0 Å². The average Bonchev–Trinajstić information content (AvgIpc) is 4.05. The van der Waals surface area contributed by atoms with Gasteiger partial charge in [-0.3, -0.25) is 4.79 Å². The third-order valence-corrected chi connectivity index (χ3v) is 10.6. The van der Waals surface area contributed by atoms with E-state index in [1.54, 1.807) is 7.11 Å². The Balaban J connectivity index is 1.09. The summed E-state index contributed by atoms with van der Waals surface area (Å²) < 4.78 is 23.3. The van der Waals surface area contributed by atoms with Gasteiger partial charge in [0.1, 0.15) is 24.7 Å². The van der Waals surface area contributed by atoms with E-state index >= 15 is 0 Å². The standard InChI is InChI=1S/C40H50Cl2N2O6/c1-26-16-37(41)39(38(42)17-26)49-15-14-48-33-9-5-29(6-10-33)35-11-12-43-22-36(35)40(46)44(32-7-8-32)23-28-18-27(4-3-13-47-2)19-34(20-28)50-25-31-21-30(31)24-45/h5-6,9-10,16-20,30-32,35-36,43,45H,3-4,7-8,11-15,21-25H2,1-2H3/t30-,31-,35+,36-/m0/s1. The van der Waals surface area contributed by atoms with Gasteiger partial charge in [0, 0.05) is 39.5 Å². The lowest BCUT2D eigenvalue weighted by Crippen LogP contribution is -2.47. The maximum absolute atomic E-state index is 14.4. The molecule has 2 saturated carbocycles. The minimum Gasteiger partial charge on any atom is -0.493 e. The molecule has 3 aromatic carbocycles. The van der Waals surface area contributed by atoms with Crippen molar-refractivity contribution in [3.63, 3.8) is 0 Å². The van der Waals surface area contributed by atoms with Crippen molar-refractivity contribution in [2.24, 2.45) is 17.8 Å². The molecule has 0 unspecified atom stereocenters. The van der Waals surface area contributed by atoms with Gasteiger partial charge in [0.2, 0.25) is 5.91 Å². The first-order chi connectivity index (χ1) is 24.3. The van der Waals surface area contributed by atoms with Gasteiger partial charge in [-0.2, -0.15) is 0 Å². The number of aryl methyl sites for hydroxylation is 2. The van der Waals surface area contributed by atoms with E-state index in [1.165, 1.54) is 5.56 Å². The molecule has 2 aliphatic carbocycles. The lowest BCUT2D eigenvalue weighted by molar-refractivity contribution is -0.138. The Morgan fingerprint density at radius 1 is 0.900 bits per heavy atom. The normalized spacial score (nSPS) is 21.5. The van der Waals surface area contributed by atoms with Gasteiger partial charge in [-0.05, 0) is 128 Å². The fraction of sp³-hybridized carbons (Fsp3) is 0.525. The molecule has 10 heteroatoms. The average molecular weight is 726 g/mol. The van der Waals surface area contributed by atoms with Gasteiger partial charge in [0.05, 0.1) is 22.6 Å². The smallest absolute Gasteiger partial charge is 0.228 e. The van der Waals surface area contributed by atoms with Gasteiger partial charge in [-0.1, -0.05) is 41.4 Å². The number of methoxy groups -OCH3 is 1. The van der Waals surface area contributed by atoms with Crippen molar-refractivity contribution < 1.29 is 28.8 Å². The summed E-state index contributed by atoms with van der Waals surface area (Å²) in [7, 11) is 1.73. The number of carbonyl (C=O) groups excluding carboxylic acids is 1. The summed E-state index contributed by atoms with van der Waals surface area (Å²) in [6, 6.07) is 18.5. The van der Waals surface area contributed by atoms with Crippen LogP contribution in [0.1, 0.15) is 60.3 Å². The highest BCUT2D eigenvalue weighted by Gasteiger charge is 2.40. The number of rotatable bonds is 18. The van der Waals surface area contributed by atoms with E-state index in [4.69, 9.17) is 42.1 Å². The number of hydrogen-bond donors (Lipinski definition) is 2. The Bertz CT molecular complexity index is 1560. The Morgan fingerprint density at radius 2 is 1.64 bits per heavy atom. The number of carbonyl (C=O) groups is 1. The molecule has 8 nitrogen and oxygen atoms in total. The summed E-state index contributed by atoms with van der Waals surface area (Å²) in [5, 5.41) is 13.9. The number of amides is 1. The third-order valence-electron chi connectivity index (χ3n) is 10.1. The molecule has 1 aliphatic heterocycles. The number of benzene rings is 3. The molecule has 1 saturated heterocycles. The van der Waals surface area contributed by atoms with Crippen LogP contribution >= 0.6 is 23.2 Å². The molecular weight excluding hydrogens is 675 g/mol. The second-order valence-electron chi connectivity index (χ2n) is 14.1. The van der Waals surface area contributed by atoms with Crippen LogP contribution in [0.2, 0.25) is 10.0 Å². The Morgan fingerprint density at radius 3 is 2.34 bits per heavy atom. The number of piperidine rings is 1. The molecule has 270 valence electrons. The maximum atomic E-state index is 14.4. The summed E-state index contributed by atoms with van der Waals surface area (Å²) in [5.41, 5.74) is 4.42.